The van der Waals surface area contributed by atoms with Crippen molar-refractivity contribution in [1.82, 2.24) is 14.9 Å². The van der Waals surface area contributed by atoms with Crippen LogP contribution in [-0.2, 0) is 22.5 Å². The molecule has 0 spiro atoms. The number of hydrogen-bond acceptors (Lipinski definition) is 4. The van der Waals surface area contributed by atoms with E-state index in [9.17, 15) is 4.79 Å². The van der Waals surface area contributed by atoms with Gasteiger partial charge in [0.25, 0.3) is 0 Å². The SMILES string of the molecule is COCCNCC(=O)Nc1ccc(-c2cn3c(n2)CCCC3)cc1.Cl.Cl. The van der Waals surface area contributed by atoms with Crippen molar-refractivity contribution in [2.24, 2.45) is 0 Å². The molecule has 0 aliphatic carbocycles. The lowest BCUT2D eigenvalue weighted by Gasteiger charge is -2.11. The average Bonchev–Trinajstić information content (AvgIpc) is 3.03. The van der Waals surface area contributed by atoms with Gasteiger partial charge in [-0.15, -0.1) is 24.8 Å². The van der Waals surface area contributed by atoms with Crippen molar-refractivity contribution in [1.29, 1.82) is 0 Å². The number of benzene rings is 1. The van der Waals surface area contributed by atoms with E-state index in [-0.39, 0.29) is 37.3 Å². The van der Waals surface area contributed by atoms with Gasteiger partial charge in [-0.05, 0) is 25.0 Å². The normalized spacial score (nSPS) is 12.5. The van der Waals surface area contributed by atoms with Crippen LogP contribution in [0.15, 0.2) is 30.5 Å². The molecule has 26 heavy (non-hydrogen) atoms. The number of halogens is 2. The Labute approximate surface area is 166 Å². The zero-order valence-corrected chi connectivity index (χ0v) is 16.5. The molecule has 1 aliphatic heterocycles. The summed E-state index contributed by atoms with van der Waals surface area (Å²) in [7, 11) is 1.64. The zero-order chi connectivity index (χ0) is 16.8. The Balaban J connectivity index is 0.00000169. The van der Waals surface area contributed by atoms with E-state index in [1.807, 2.05) is 24.3 Å². The molecular weight excluding hydrogens is 375 g/mol. The Hall–Kier alpha value is -1.60. The first-order valence-corrected chi connectivity index (χ1v) is 8.42. The van der Waals surface area contributed by atoms with E-state index in [1.54, 1.807) is 7.11 Å². The van der Waals surface area contributed by atoms with Gasteiger partial charge in [-0.25, -0.2) is 4.98 Å². The highest BCUT2D eigenvalue weighted by Gasteiger charge is 2.13. The first kappa shape index (κ1) is 22.4. The number of nitrogens with zero attached hydrogens (tertiary/aromatic N) is 2. The van der Waals surface area contributed by atoms with Gasteiger partial charge in [0, 0.05) is 44.1 Å². The Morgan fingerprint density at radius 1 is 1.23 bits per heavy atom. The summed E-state index contributed by atoms with van der Waals surface area (Å²) in [6, 6.07) is 7.84. The number of imidazole rings is 1. The van der Waals surface area contributed by atoms with Gasteiger partial charge in [0.05, 0.1) is 18.8 Å². The number of nitrogens with one attached hydrogen (secondary N) is 2. The monoisotopic (exact) mass is 400 g/mol. The van der Waals surface area contributed by atoms with Crippen molar-refractivity contribution in [3.05, 3.63) is 36.3 Å². The van der Waals surface area contributed by atoms with Crippen molar-refractivity contribution in [2.45, 2.75) is 25.8 Å². The lowest BCUT2D eigenvalue weighted by atomic mass is 10.1. The van der Waals surface area contributed by atoms with Crippen LogP contribution in [0.3, 0.4) is 0 Å². The number of carbonyl (C=O) groups is 1. The largest absolute Gasteiger partial charge is 0.383 e. The second kappa shape index (κ2) is 11.2. The number of fused-ring (bicyclic) bond motifs is 1. The lowest BCUT2D eigenvalue weighted by Crippen LogP contribution is -2.30. The Morgan fingerprint density at radius 2 is 2.00 bits per heavy atom. The maximum absolute atomic E-state index is 11.8. The van der Waals surface area contributed by atoms with Crippen LogP contribution in [0.25, 0.3) is 11.3 Å². The summed E-state index contributed by atoms with van der Waals surface area (Å²) in [5, 5.41) is 5.90. The van der Waals surface area contributed by atoms with Crippen molar-refractivity contribution in [3.8, 4) is 11.3 Å². The fourth-order valence-electron chi connectivity index (χ4n) is 2.86. The fraction of sp³-hybridized carbons (Fsp3) is 0.444. The minimum absolute atomic E-state index is 0. The minimum atomic E-state index is -0.0590. The molecule has 1 amide bonds. The smallest absolute Gasteiger partial charge is 0.238 e. The molecule has 1 aliphatic rings. The third kappa shape index (κ3) is 5.99. The third-order valence-corrected chi connectivity index (χ3v) is 4.14. The standard InChI is InChI=1S/C18H24N4O2.2ClH/c1-24-11-9-19-12-18(23)20-15-7-5-14(6-8-15)16-13-22-10-3-2-4-17(22)21-16;;/h5-8,13,19H,2-4,9-12H2,1H3,(H,20,23);2*1H. The van der Waals surface area contributed by atoms with E-state index >= 15 is 0 Å². The zero-order valence-electron chi connectivity index (χ0n) is 14.9. The number of ether oxygens (including phenoxy) is 1. The predicted molar refractivity (Wildman–Crippen MR) is 108 cm³/mol. The summed E-state index contributed by atoms with van der Waals surface area (Å²) in [5.41, 5.74) is 2.88. The Bertz CT molecular complexity index is 665. The number of aryl methyl sites for hydroxylation is 2. The van der Waals surface area contributed by atoms with Gasteiger partial charge in [0.2, 0.25) is 5.91 Å². The van der Waals surface area contributed by atoms with Gasteiger partial charge < -0.3 is 19.9 Å². The van der Waals surface area contributed by atoms with Gasteiger partial charge in [0.1, 0.15) is 5.82 Å². The quantitative estimate of drug-likeness (QED) is 0.701. The Morgan fingerprint density at radius 3 is 2.69 bits per heavy atom. The van der Waals surface area contributed by atoms with Crippen LogP contribution in [0.5, 0.6) is 0 Å². The highest BCUT2D eigenvalue weighted by Crippen LogP contribution is 2.23. The van der Waals surface area contributed by atoms with Crippen molar-refractivity contribution in [3.63, 3.8) is 0 Å². The molecule has 1 aromatic heterocycles. The molecule has 0 bridgehead atoms. The van der Waals surface area contributed by atoms with E-state index in [2.05, 4.69) is 21.4 Å². The van der Waals surface area contributed by atoms with Crippen molar-refractivity contribution < 1.29 is 9.53 Å². The molecule has 2 N–H and O–H groups in total. The van der Waals surface area contributed by atoms with E-state index in [0.717, 1.165) is 29.9 Å². The molecule has 6 nitrogen and oxygen atoms in total. The minimum Gasteiger partial charge on any atom is -0.383 e. The van der Waals surface area contributed by atoms with Crippen molar-refractivity contribution >= 4 is 36.4 Å². The average molecular weight is 401 g/mol. The second-order valence-corrected chi connectivity index (χ2v) is 5.99. The van der Waals surface area contributed by atoms with Crippen LogP contribution in [0, 0.1) is 0 Å². The molecule has 2 heterocycles. The highest BCUT2D eigenvalue weighted by atomic mass is 35.5. The maximum atomic E-state index is 11.8. The molecule has 0 unspecified atom stereocenters. The number of amides is 1. The molecule has 3 rings (SSSR count). The van der Waals surface area contributed by atoms with Gasteiger partial charge >= 0.3 is 0 Å². The molecule has 0 saturated carbocycles. The molecule has 144 valence electrons. The molecule has 2 aromatic rings. The summed E-state index contributed by atoms with van der Waals surface area (Å²) in [6.07, 6.45) is 5.64. The summed E-state index contributed by atoms with van der Waals surface area (Å²) >= 11 is 0. The summed E-state index contributed by atoms with van der Waals surface area (Å²) in [5.74, 6) is 1.12. The highest BCUT2D eigenvalue weighted by molar-refractivity contribution is 5.92. The predicted octanol–water partition coefficient (Wildman–Crippen LogP) is 2.90. The van der Waals surface area contributed by atoms with Gasteiger partial charge in [0.15, 0.2) is 0 Å². The maximum Gasteiger partial charge on any atom is 0.238 e. The topological polar surface area (TPSA) is 68.2 Å². The number of anilines is 1. The molecule has 8 heteroatoms. The number of hydrogen-bond donors (Lipinski definition) is 2. The number of methoxy groups -OCH3 is 1. The van der Waals surface area contributed by atoms with Crippen LogP contribution >= 0.6 is 24.8 Å². The fourth-order valence-corrected chi connectivity index (χ4v) is 2.86. The van der Waals surface area contributed by atoms with Crippen molar-refractivity contribution in [2.75, 3.05) is 32.1 Å². The number of carbonyl (C=O) groups excluding carboxylic acids is 1. The lowest BCUT2D eigenvalue weighted by molar-refractivity contribution is -0.115. The molecule has 1 aromatic carbocycles. The Kier molecular flexibility index (Phi) is 9.65. The van der Waals surface area contributed by atoms with Crippen LogP contribution in [0.2, 0.25) is 0 Å². The summed E-state index contributed by atoms with van der Waals surface area (Å²) in [4.78, 5) is 16.6. The molecule has 0 radical (unpaired) electrons. The van der Waals surface area contributed by atoms with Crippen LogP contribution in [0.4, 0.5) is 5.69 Å². The van der Waals surface area contributed by atoms with E-state index in [4.69, 9.17) is 9.72 Å². The van der Waals surface area contributed by atoms with Gasteiger partial charge in [-0.2, -0.15) is 0 Å². The second-order valence-electron chi connectivity index (χ2n) is 5.99. The number of rotatable bonds is 7. The number of aromatic nitrogens is 2. The first-order valence-electron chi connectivity index (χ1n) is 8.42. The van der Waals surface area contributed by atoms with Crippen LogP contribution in [0.1, 0.15) is 18.7 Å². The van der Waals surface area contributed by atoms with E-state index in [1.165, 1.54) is 18.7 Å². The molecule has 0 saturated heterocycles. The van der Waals surface area contributed by atoms with E-state index in [0.29, 0.717) is 13.2 Å². The van der Waals surface area contributed by atoms with Gasteiger partial charge in [-0.3, -0.25) is 4.79 Å². The summed E-state index contributed by atoms with van der Waals surface area (Å²) < 4.78 is 7.18. The van der Waals surface area contributed by atoms with Crippen LogP contribution in [-0.4, -0.2) is 42.3 Å². The molecule has 0 atom stereocenters. The first-order chi connectivity index (χ1) is 11.8. The molecular formula is C18H26Cl2N4O2. The summed E-state index contributed by atoms with van der Waals surface area (Å²) in [6.45, 7) is 2.59. The van der Waals surface area contributed by atoms with Crippen LogP contribution < -0.4 is 10.6 Å². The molecule has 0 fully saturated rings. The van der Waals surface area contributed by atoms with Gasteiger partial charge in [-0.1, -0.05) is 12.1 Å². The third-order valence-electron chi connectivity index (χ3n) is 4.14. The van der Waals surface area contributed by atoms with E-state index < -0.39 is 0 Å².